The summed E-state index contributed by atoms with van der Waals surface area (Å²) >= 11 is 0. The first-order valence-electron chi connectivity index (χ1n) is 7.67. The van der Waals surface area contributed by atoms with Gasteiger partial charge in [0.05, 0.1) is 6.04 Å². The van der Waals surface area contributed by atoms with E-state index >= 15 is 0 Å². The summed E-state index contributed by atoms with van der Waals surface area (Å²) in [4.78, 5) is 14.7. The molecule has 0 bridgehead atoms. The normalized spacial score (nSPS) is 24.4. The Morgan fingerprint density at radius 2 is 1.85 bits per heavy atom. The molecule has 1 saturated heterocycles. The zero-order valence-electron chi connectivity index (χ0n) is 13.0. The molecule has 1 amide bonds. The van der Waals surface area contributed by atoms with Crippen LogP contribution in [0.4, 0.5) is 0 Å². The molecule has 1 aromatic rings. The Bertz CT molecular complexity index is 444. The fraction of sp³-hybridized carbons (Fsp3) is 0.588. The molecular weight excluding hydrogens is 248 g/mol. The van der Waals surface area contributed by atoms with E-state index in [0.29, 0.717) is 5.92 Å². The summed E-state index contributed by atoms with van der Waals surface area (Å²) in [6.07, 6.45) is 1.89. The summed E-state index contributed by atoms with van der Waals surface area (Å²) < 4.78 is 0. The largest absolute Gasteiger partial charge is 0.319 e. The molecule has 0 aliphatic carbocycles. The molecule has 2 rings (SSSR count). The van der Waals surface area contributed by atoms with Gasteiger partial charge in [-0.1, -0.05) is 51.1 Å². The van der Waals surface area contributed by atoms with Crippen molar-refractivity contribution in [2.75, 3.05) is 0 Å². The van der Waals surface area contributed by atoms with Crippen LogP contribution in [0.2, 0.25) is 0 Å². The van der Waals surface area contributed by atoms with Gasteiger partial charge in [-0.25, -0.2) is 0 Å². The number of carbonyl (C=O) groups excluding carboxylic acids is 1. The van der Waals surface area contributed by atoms with Crippen molar-refractivity contribution < 1.29 is 4.79 Å². The van der Waals surface area contributed by atoms with Crippen LogP contribution in [0.25, 0.3) is 0 Å². The number of rotatable bonds is 5. The van der Waals surface area contributed by atoms with Gasteiger partial charge >= 0.3 is 0 Å². The van der Waals surface area contributed by atoms with E-state index in [2.05, 4.69) is 45.1 Å². The number of nitrogens with zero attached hydrogens (tertiary/aromatic N) is 1. The first-order chi connectivity index (χ1) is 9.54. The molecule has 1 heterocycles. The standard InChI is InChI=1S/C17H26N2O/c1-5-13(4)19-16(14-9-7-6-8-10-14)18-15(17(19)20)11-12(2)3/h6-10,12-13,15-16,18H,5,11H2,1-4H3. The highest BCUT2D eigenvalue weighted by Gasteiger charge is 2.41. The Balaban J connectivity index is 2.26. The predicted molar refractivity (Wildman–Crippen MR) is 82.2 cm³/mol. The van der Waals surface area contributed by atoms with E-state index in [1.165, 1.54) is 5.56 Å². The molecule has 1 aliphatic heterocycles. The zero-order chi connectivity index (χ0) is 14.7. The zero-order valence-corrected chi connectivity index (χ0v) is 13.0. The molecular formula is C17H26N2O. The van der Waals surface area contributed by atoms with Gasteiger partial charge < -0.3 is 4.90 Å². The molecule has 110 valence electrons. The summed E-state index contributed by atoms with van der Waals surface area (Å²) in [6.45, 7) is 8.60. The summed E-state index contributed by atoms with van der Waals surface area (Å²) in [5, 5.41) is 3.53. The minimum Gasteiger partial charge on any atom is -0.319 e. The molecule has 3 nitrogen and oxygen atoms in total. The van der Waals surface area contributed by atoms with E-state index < -0.39 is 0 Å². The van der Waals surface area contributed by atoms with Crippen LogP contribution in [0.5, 0.6) is 0 Å². The molecule has 3 heteroatoms. The Hall–Kier alpha value is -1.35. The van der Waals surface area contributed by atoms with E-state index in [0.717, 1.165) is 12.8 Å². The van der Waals surface area contributed by atoms with Crippen LogP contribution in [0.15, 0.2) is 30.3 Å². The lowest BCUT2D eigenvalue weighted by atomic mass is 10.0. The van der Waals surface area contributed by atoms with E-state index in [4.69, 9.17) is 0 Å². The van der Waals surface area contributed by atoms with Gasteiger partial charge in [-0.05, 0) is 31.2 Å². The van der Waals surface area contributed by atoms with Gasteiger partial charge in [0.15, 0.2) is 0 Å². The summed E-state index contributed by atoms with van der Waals surface area (Å²) in [6, 6.07) is 10.5. The molecule has 1 aliphatic rings. The van der Waals surface area contributed by atoms with Gasteiger partial charge in [0, 0.05) is 6.04 Å². The van der Waals surface area contributed by atoms with Crippen LogP contribution >= 0.6 is 0 Å². The Labute approximate surface area is 122 Å². The molecule has 0 spiro atoms. The molecule has 0 radical (unpaired) electrons. The highest BCUT2D eigenvalue weighted by atomic mass is 16.2. The predicted octanol–water partition coefficient (Wildman–Crippen LogP) is 3.33. The molecule has 1 fully saturated rings. The monoisotopic (exact) mass is 274 g/mol. The lowest BCUT2D eigenvalue weighted by Gasteiger charge is -2.30. The first kappa shape index (κ1) is 15.0. The number of amides is 1. The molecule has 3 atom stereocenters. The summed E-state index contributed by atoms with van der Waals surface area (Å²) in [7, 11) is 0. The number of hydrogen-bond donors (Lipinski definition) is 1. The SMILES string of the molecule is CCC(C)N1C(=O)C(CC(C)C)NC1c1ccccc1. The van der Waals surface area contributed by atoms with Crippen molar-refractivity contribution in [1.82, 2.24) is 10.2 Å². The topological polar surface area (TPSA) is 32.3 Å². The van der Waals surface area contributed by atoms with E-state index in [9.17, 15) is 4.79 Å². The average molecular weight is 274 g/mol. The molecule has 3 unspecified atom stereocenters. The van der Waals surface area contributed by atoms with Gasteiger partial charge in [0.25, 0.3) is 0 Å². The Kier molecular flexibility index (Phi) is 4.81. The van der Waals surface area contributed by atoms with Crippen LogP contribution in [0, 0.1) is 5.92 Å². The molecule has 1 aromatic carbocycles. The van der Waals surface area contributed by atoms with Gasteiger partial charge in [-0.15, -0.1) is 0 Å². The second-order valence-corrected chi connectivity index (χ2v) is 6.16. The first-order valence-corrected chi connectivity index (χ1v) is 7.67. The minimum atomic E-state index is -0.0470. The van der Waals surface area contributed by atoms with Gasteiger partial charge in [-0.2, -0.15) is 0 Å². The lowest BCUT2D eigenvalue weighted by molar-refractivity contribution is -0.132. The molecule has 0 saturated carbocycles. The third-order valence-corrected chi connectivity index (χ3v) is 4.08. The van der Waals surface area contributed by atoms with Crippen LogP contribution in [0.1, 0.15) is 52.3 Å². The fourth-order valence-corrected chi connectivity index (χ4v) is 2.85. The van der Waals surface area contributed by atoms with Crippen molar-refractivity contribution in [3.8, 4) is 0 Å². The van der Waals surface area contributed by atoms with Crippen molar-refractivity contribution in [3.05, 3.63) is 35.9 Å². The van der Waals surface area contributed by atoms with Crippen molar-refractivity contribution in [2.45, 2.75) is 58.8 Å². The summed E-state index contributed by atoms with van der Waals surface area (Å²) in [5.74, 6) is 0.770. The van der Waals surface area contributed by atoms with Gasteiger partial charge in [-0.3, -0.25) is 10.1 Å². The second-order valence-electron chi connectivity index (χ2n) is 6.16. The van der Waals surface area contributed by atoms with E-state index in [-0.39, 0.29) is 24.2 Å². The molecule has 0 aromatic heterocycles. The number of carbonyl (C=O) groups is 1. The number of benzene rings is 1. The van der Waals surface area contributed by atoms with Crippen LogP contribution in [-0.4, -0.2) is 22.9 Å². The molecule has 1 N–H and O–H groups in total. The third kappa shape index (κ3) is 3.04. The van der Waals surface area contributed by atoms with E-state index in [1.807, 2.05) is 23.1 Å². The van der Waals surface area contributed by atoms with Crippen LogP contribution < -0.4 is 5.32 Å². The minimum absolute atomic E-state index is 0.0161. The fourth-order valence-electron chi connectivity index (χ4n) is 2.85. The lowest BCUT2D eigenvalue weighted by Crippen LogP contribution is -2.38. The maximum absolute atomic E-state index is 12.7. The summed E-state index contributed by atoms with van der Waals surface area (Å²) in [5.41, 5.74) is 1.17. The smallest absolute Gasteiger partial charge is 0.241 e. The van der Waals surface area contributed by atoms with Crippen LogP contribution in [0.3, 0.4) is 0 Å². The number of nitrogens with one attached hydrogen (secondary N) is 1. The molecule has 20 heavy (non-hydrogen) atoms. The highest BCUT2D eigenvalue weighted by molar-refractivity contribution is 5.84. The maximum Gasteiger partial charge on any atom is 0.241 e. The van der Waals surface area contributed by atoms with Crippen molar-refractivity contribution >= 4 is 5.91 Å². The maximum atomic E-state index is 12.7. The third-order valence-electron chi connectivity index (χ3n) is 4.08. The second kappa shape index (κ2) is 6.40. The average Bonchev–Trinajstić information content (AvgIpc) is 2.76. The van der Waals surface area contributed by atoms with E-state index in [1.54, 1.807) is 0 Å². The van der Waals surface area contributed by atoms with Crippen molar-refractivity contribution in [3.63, 3.8) is 0 Å². The van der Waals surface area contributed by atoms with Gasteiger partial charge in [0.1, 0.15) is 6.17 Å². The highest BCUT2D eigenvalue weighted by Crippen LogP contribution is 2.30. The van der Waals surface area contributed by atoms with Crippen LogP contribution in [-0.2, 0) is 4.79 Å². The Morgan fingerprint density at radius 3 is 2.40 bits per heavy atom. The Morgan fingerprint density at radius 1 is 1.20 bits per heavy atom. The van der Waals surface area contributed by atoms with Crippen molar-refractivity contribution in [1.29, 1.82) is 0 Å². The van der Waals surface area contributed by atoms with Crippen molar-refractivity contribution in [2.24, 2.45) is 5.92 Å². The number of hydrogen-bond acceptors (Lipinski definition) is 2. The van der Waals surface area contributed by atoms with Gasteiger partial charge in [0.2, 0.25) is 5.91 Å². The quantitative estimate of drug-likeness (QED) is 0.893.